The lowest BCUT2D eigenvalue weighted by Crippen LogP contribution is -2.38. The van der Waals surface area contributed by atoms with Crippen LogP contribution in [0.5, 0.6) is 0 Å². The Balaban J connectivity index is 2.06. The molecule has 2 atom stereocenters. The number of rotatable bonds is 5. The average Bonchev–Trinajstić information content (AvgIpc) is 2.67. The third-order valence-electron chi connectivity index (χ3n) is 4.52. The van der Waals surface area contributed by atoms with Crippen molar-refractivity contribution in [3.63, 3.8) is 0 Å². The summed E-state index contributed by atoms with van der Waals surface area (Å²) in [5.41, 5.74) is 1.73. The molecular formula is C17H30N2O. The van der Waals surface area contributed by atoms with Crippen molar-refractivity contribution >= 4 is 0 Å². The molecule has 0 amide bonds. The van der Waals surface area contributed by atoms with Gasteiger partial charge in [0.25, 0.3) is 0 Å². The molecule has 0 aromatic carbocycles. The van der Waals surface area contributed by atoms with Crippen LogP contribution in [-0.4, -0.2) is 20.5 Å². The van der Waals surface area contributed by atoms with Crippen LogP contribution in [0.25, 0.3) is 0 Å². The van der Waals surface area contributed by atoms with E-state index in [9.17, 15) is 5.11 Å². The standard InChI is InChI=1S/C17H30N2O/c1-5-19-16(10-14(4)18-19)12-17(20)8-6-7-15(11-17)9-13(2)3/h10,13,15,20H,5-9,11-12H2,1-4H3. The van der Waals surface area contributed by atoms with E-state index >= 15 is 0 Å². The molecular weight excluding hydrogens is 248 g/mol. The Kier molecular flexibility index (Phi) is 4.90. The number of aliphatic hydroxyl groups is 1. The second-order valence-electron chi connectivity index (χ2n) is 7.09. The summed E-state index contributed by atoms with van der Waals surface area (Å²) in [4.78, 5) is 0. The van der Waals surface area contributed by atoms with E-state index in [1.807, 2.05) is 11.6 Å². The average molecular weight is 278 g/mol. The van der Waals surface area contributed by atoms with Gasteiger partial charge in [-0.25, -0.2) is 0 Å². The highest BCUT2D eigenvalue weighted by Gasteiger charge is 2.35. The molecule has 1 saturated carbocycles. The van der Waals surface area contributed by atoms with Gasteiger partial charge in [0.2, 0.25) is 0 Å². The highest BCUT2D eigenvalue weighted by molar-refractivity contribution is 5.12. The van der Waals surface area contributed by atoms with Crippen LogP contribution in [0.3, 0.4) is 0 Å². The first-order valence-electron chi connectivity index (χ1n) is 8.17. The molecule has 1 fully saturated rings. The lowest BCUT2D eigenvalue weighted by Gasteiger charge is -2.37. The van der Waals surface area contributed by atoms with Gasteiger partial charge >= 0.3 is 0 Å². The second-order valence-corrected chi connectivity index (χ2v) is 7.09. The minimum absolute atomic E-state index is 0.517. The topological polar surface area (TPSA) is 38.0 Å². The molecule has 1 N–H and O–H groups in total. The van der Waals surface area contributed by atoms with Crippen LogP contribution in [0, 0.1) is 18.8 Å². The normalized spacial score (nSPS) is 27.2. The second kappa shape index (κ2) is 6.30. The minimum atomic E-state index is -0.517. The summed E-state index contributed by atoms with van der Waals surface area (Å²) >= 11 is 0. The Hall–Kier alpha value is -0.830. The zero-order valence-corrected chi connectivity index (χ0v) is 13.5. The van der Waals surface area contributed by atoms with E-state index in [0.29, 0.717) is 5.92 Å². The van der Waals surface area contributed by atoms with Gasteiger partial charge in [-0.3, -0.25) is 4.68 Å². The van der Waals surface area contributed by atoms with Crippen molar-refractivity contribution < 1.29 is 5.11 Å². The van der Waals surface area contributed by atoms with Gasteiger partial charge in [0.15, 0.2) is 0 Å². The van der Waals surface area contributed by atoms with Crippen LogP contribution in [0.15, 0.2) is 6.07 Å². The summed E-state index contributed by atoms with van der Waals surface area (Å²) in [6.07, 6.45) is 6.35. The van der Waals surface area contributed by atoms with Crippen molar-refractivity contribution in [3.05, 3.63) is 17.5 Å². The Labute approximate surface area is 123 Å². The molecule has 0 aliphatic heterocycles. The third kappa shape index (κ3) is 3.85. The highest BCUT2D eigenvalue weighted by Crippen LogP contribution is 2.37. The zero-order valence-electron chi connectivity index (χ0n) is 13.5. The molecule has 3 heteroatoms. The summed E-state index contributed by atoms with van der Waals surface area (Å²) in [7, 11) is 0. The minimum Gasteiger partial charge on any atom is -0.389 e. The van der Waals surface area contributed by atoms with Gasteiger partial charge in [-0.15, -0.1) is 0 Å². The number of nitrogens with zero attached hydrogens (tertiary/aromatic N) is 2. The van der Waals surface area contributed by atoms with Crippen molar-refractivity contribution in [3.8, 4) is 0 Å². The molecule has 0 bridgehead atoms. The highest BCUT2D eigenvalue weighted by atomic mass is 16.3. The molecule has 3 nitrogen and oxygen atoms in total. The fourth-order valence-electron chi connectivity index (χ4n) is 3.84. The van der Waals surface area contributed by atoms with Crippen LogP contribution in [0.4, 0.5) is 0 Å². The molecule has 0 spiro atoms. The molecule has 20 heavy (non-hydrogen) atoms. The van der Waals surface area contributed by atoms with Gasteiger partial charge in [-0.2, -0.15) is 5.10 Å². The van der Waals surface area contributed by atoms with Crippen molar-refractivity contribution in [2.24, 2.45) is 11.8 Å². The lowest BCUT2D eigenvalue weighted by atomic mass is 9.73. The quantitative estimate of drug-likeness (QED) is 0.891. The molecule has 114 valence electrons. The molecule has 1 aliphatic rings. The summed E-state index contributed by atoms with van der Waals surface area (Å²) < 4.78 is 2.04. The van der Waals surface area contributed by atoms with Crippen molar-refractivity contribution in [2.75, 3.05) is 0 Å². The maximum Gasteiger partial charge on any atom is 0.0705 e. The summed E-state index contributed by atoms with van der Waals surface area (Å²) in [6.45, 7) is 9.59. The molecule has 0 radical (unpaired) electrons. The number of aromatic nitrogens is 2. The summed E-state index contributed by atoms with van der Waals surface area (Å²) in [5.74, 6) is 1.42. The van der Waals surface area contributed by atoms with Crippen molar-refractivity contribution in [1.82, 2.24) is 9.78 Å². The SMILES string of the molecule is CCn1nc(C)cc1CC1(O)CCCC(CC(C)C)C1. The van der Waals surface area contributed by atoms with Gasteiger partial charge in [0, 0.05) is 18.7 Å². The van der Waals surface area contributed by atoms with Gasteiger partial charge in [-0.1, -0.05) is 26.7 Å². The molecule has 1 aliphatic carbocycles. The van der Waals surface area contributed by atoms with Crippen molar-refractivity contribution in [2.45, 2.75) is 78.4 Å². The maximum atomic E-state index is 11.0. The first-order valence-corrected chi connectivity index (χ1v) is 8.17. The fourth-order valence-corrected chi connectivity index (χ4v) is 3.84. The predicted octanol–water partition coefficient (Wildman–Crippen LogP) is 3.72. The molecule has 1 aromatic heterocycles. The fraction of sp³-hybridized carbons (Fsp3) is 0.824. The number of hydrogen-bond acceptors (Lipinski definition) is 2. The summed E-state index contributed by atoms with van der Waals surface area (Å²) in [6, 6.07) is 2.13. The molecule has 1 heterocycles. The largest absolute Gasteiger partial charge is 0.389 e. The lowest BCUT2D eigenvalue weighted by molar-refractivity contribution is -0.0203. The Morgan fingerprint density at radius 2 is 2.25 bits per heavy atom. The number of hydrogen-bond donors (Lipinski definition) is 1. The van der Waals surface area contributed by atoms with Gasteiger partial charge in [-0.05, 0) is 51.0 Å². The predicted molar refractivity (Wildman–Crippen MR) is 82.7 cm³/mol. The van der Waals surface area contributed by atoms with Crippen LogP contribution in [0.1, 0.15) is 64.3 Å². The smallest absolute Gasteiger partial charge is 0.0705 e. The van der Waals surface area contributed by atoms with Crippen LogP contribution < -0.4 is 0 Å². The zero-order chi connectivity index (χ0) is 14.8. The van der Waals surface area contributed by atoms with Gasteiger partial charge < -0.3 is 5.11 Å². The van der Waals surface area contributed by atoms with Crippen LogP contribution in [0.2, 0.25) is 0 Å². The maximum absolute atomic E-state index is 11.0. The Morgan fingerprint density at radius 3 is 2.90 bits per heavy atom. The van der Waals surface area contributed by atoms with E-state index in [0.717, 1.165) is 43.8 Å². The monoisotopic (exact) mass is 278 g/mol. The van der Waals surface area contributed by atoms with E-state index in [-0.39, 0.29) is 0 Å². The van der Waals surface area contributed by atoms with Crippen molar-refractivity contribution in [1.29, 1.82) is 0 Å². The third-order valence-corrected chi connectivity index (χ3v) is 4.52. The van der Waals surface area contributed by atoms with E-state index in [1.54, 1.807) is 0 Å². The molecule has 2 unspecified atom stereocenters. The first kappa shape index (κ1) is 15.6. The van der Waals surface area contributed by atoms with Gasteiger partial charge in [0.1, 0.15) is 0 Å². The van der Waals surface area contributed by atoms with E-state index in [1.165, 1.54) is 18.5 Å². The van der Waals surface area contributed by atoms with E-state index in [2.05, 4.69) is 31.9 Å². The first-order chi connectivity index (χ1) is 9.42. The molecule has 2 rings (SSSR count). The van der Waals surface area contributed by atoms with Crippen LogP contribution >= 0.6 is 0 Å². The molecule has 0 saturated heterocycles. The Bertz CT molecular complexity index is 438. The van der Waals surface area contributed by atoms with Crippen LogP contribution in [-0.2, 0) is 13.0 Å². The Morgan fingerprint density at radius 1 is 1.50 bits per heavy atom. The summed E-state index contributed by atoms with van der Waals surface area (Å²) in [5, 5.41) is 15.5. The van der Waals surface area contributed by atoms with Gasteiger partial charge in [0.05, 0.1) is 11.3 Å². The van der Waals surface area contributed by atoms with E-state index in [4.69, 9.17) is 0 Å². The van der Waals surface area contributed by atoms with E-state index < -0.39 is 5.60 Å². The number of aryl methyl sites for hydroxylation is 2. The molecule has 1 aromatic rings.